The van der Waals surface area contributed by atoms with Gasteiger partial charge in [0, 0.05) is 12.6 Å². The second-order valence-electron chi connectivity index (χ2n) is 12.8. The molecule has 1 aromatic heterocycles. The lowest BCUT2D eigenvalue weighted by molar-refractivity contribution is -0.149. The maximum Gasteiger partial charge on any atom is 0.351 e. The zero-order valence-electron chi connectivity index (χ0n) is 23.1. The van der Waals surface area contributed by atoms with Crippen LogP contribution in [-0.4, -0.2) is 66.6 Å². The third-order valence-electron chi connectivity index (χ3n) is 10.9. The minimum absolute atomic E-state index is 0.00490. The van der Waals surface area contributed by atoms with Crippen LogP contribution >= 0.6 is 0 Å². The van der Waals surface area contributed by atoms with Crippen LogP contribution in [0.4, 0.5) is 5.82 Å². The molecule has 1 aliphatic heterocycles. The largest absolute Gasteiger partial charge is 0.481 e. The van der Waals surface area contributed by atoms with Gasteiger partial charge in [-0.1, -0.05) is 19.4 Å². The Morgan fingerprint density at radius 1 is 1.10 bits per heavy atom. The minimum Gasteiger partial charge on any atom is -0.481 e. The Morgan fingerprint density at radius 3 is 2.50 bits per heavy atom. The molecule has 4 fully saturated rings. The minimum atomic E-state index is -1.31. The van der Waals surface area contributed by atoms with E-state index < -0.39 is 42.8 Å². The molecule has 6 N–H and O–H groups in total. The third kappa shape index (κ3) is 4.70. The smallest absolute Gasteiger partial charge is 0.351 e. The molecule has 0 aromatic carbocycles. The van der Waals surface area contributed by atoms with Crippen LogP contribution in [0, 0.1) is 34.5 Å². The first kappa shape index (κ1) is 28.9. The van der Waals surface area contributed by atoms with Gasteiger partial charge in [0.05, 0.1) is 12.5 Å². The number of anilines is 1. The van der Waals surface area contributed by atoms with E-state index in [0.717, 1.165) is 49.5 Å². The molecule has 1 aromatic rings. The van der Waals surface area contributed by atoms with Crippen LogP contribution in [0.25, 0.3) is 0 Å². The average Bonchev–Trinajstić information content (AvgIpc) is 3.41. The van der Waals surface area contributed by atoms with Gasteiger partial charge in [-0.25, -0.2) is 4.79 Å². The number of carboxylic acids is 1. The van der Waals surface area contributed by atoms with Gasteiger partial charge in [0.2, 0.25) is 0 Å². The van der Waals surface area contributed by atoms with E-state index in [2.05, 4.69) is 18.8 Å². The van der Waals surface area contributed by atoms with Gasteiger partial charge in [0.1, 0.15) is 24.1 Å². The van der Waals surface area contributed by atoms with Crippen LogP contribution in [0.2, 0.25) is 0 Å². The number of nitrogens with zero attached hydrogens (tertiary/aromatic N) is 2. The normalized spacial score (nSPS) is 42.1. The molecule has 1 saturated heterocycles. The number of carbonyl (C=O) groups is 2. The molecule has 40 heavy (non-hydrogen) atoms. The number of nitrogens with two attached hydrogens (primary N) is 1. The summed E-state index contributed by atoms with van der Waals surface area (Å²) in [6.07, 6.45) is 6.73. The molecule has 11 nitrogen and oxygen atoms in total. The molecule has 2 heterocycles. The van der Waals surface area contributed by atoms with Crippen molar-refractivity contribution in [3.05, 3.63) is 34.4 Å². The van der Waals surface area contributed by atoms with E-state index in [1.54, 1.807) is 0 Å². The Kier molecular flexibility index (Phi) is 7.71. The summed E-state index contributed by atoms with van der Waals surface area (Å²) >= 11 is 0. The highest BCUT2D eigenvalue weighted by atomic mass is 16.6. The molecule has 3 saturated carbocycles. The SMILES string of the molecule is C[C@]12CC[C@H]3[C@@H](CCC4=CC(=O)CC[C@@]43C)[C@@H]1CC[C@@H]2C(=O)O.Nc1ccn([C@@H]2O[C@H](CO)[C@@H](O)[C@@H]2O)c(=O)n1. The van der Waals surface area contributed by atoms with Crippen molar-refractivity contribution in [3.63, 3.8) is 0 Å². The van der Waals surface area contributed by atoms with Gasteiger partial charge in [-0.15, -0.1) is 0 Å². The molecule has 0 unspecified atom stereocenters. The van der Waals surface area contributed by atoms with Gasteiger partial charge in [-0.05, 0) is 85.7 Å². The lowest BCUT2D eigenvalue weighted by Gasteiger charge is -2.57. The highest BCUT2D eigenvalue weighted by Gasteiger charge is 2.60. The monoisotopic (exact) mass is 559 g/mol. The number of carbonyl (C=O) groups excluding carboxylic acids is 1. The van der Waals surface area contributed by atoms with Crippen molar-refractivity contribution in [1.29, 1.82) is 0 Å². The zero-order chi connectivity index (χ0) is 29.0. The van der Waals surface area contributed by atoms with Crippen LogP contribution in [-0.2, 0) is 14.3 Å². The van der Waals surface area contributed by atoms with E-state index >= 15 is 0 Å². The summed E-state index contributed by atoms with van der Waals surface area (Å²) in [5.74, 6) is 1.51. The summed E-state index contributed by atoms with van der Waals surface area (Å²) in [5, 5.41) is 37.8. The number of ketones is 1. The summed E-state index contributed by atoms with van der Waals surface area (Å²) in [4.78, 5) is 38.5. The topological polar surface area (TPSA) is 185 Å². The fourth-order valence-corrected chi connectivity index (χ4v) is 8.69. The van der Waals surface area contributed by atoms with Gasteiger partial charge in [0.25, 0.3) is 0 Å². The molecule has 11 heteroatoms. The molecule has 4 aliphatic carbocycles. The van der Waals surface area contributed by atoms with Crippen molar-refractivity contribution in [1.82, 2.24) is 9.55 Å². The number of hydrogen-bond donors (Lipinski definition) is 5. The Hall–Kier alpha value is -2.60. The Balaban J connectivity index is 0.000000170. The van der Waals surface area contributed by atoms with Crippen LogP contribution < -0.4 is 11.4 Å². The molecule has 0 bridgehead atoms. The van der Waals surface area contributed by atoms with E-state index in [9.17, 15) is 29.7 Å². The first-order valence-electron chi connectivity index (χ1n) is 14.3. The van der Waals surface area contributed by atoms with Crippen molar-refractivity contribution in [2.45, 2.75) is 89.8 Å². The second-order valence-corrected chi connectivity index (χ2v) is 12.8. The highest BCUT2D eigenvalue weighted by molar-refractivity contribution is 5.91. The Bertz CT molecular complexity index is 1250. The fourth-order valence-electron chi connectivity index (χ4n) is 8.69. The predicted octanol–water partition coefficient (Wildman–Crippen LogP) is 1.66. The van der Waals surface area contributed by atoms with Crippen LogP contribution in [0.5, 0.6) is 0 Å². The van der Waals surface area contributed by atoms with E-state index in [0.29, 0.717) is 30.0 Å². The second kappa shape index (κ2) is 10.7. The van der Waals surface area contributed by atoms with Gasteiger partial charge < -0.3 is 30.9 Å². The van der Waals surface area contributed by atoms with Crippen molar-refractivity contribution in [2.24, 2.45) is 34.5 Å². The van der Waals surface area contributed by atoms with Crippen molar-refractivity contribution >= 4 is 17.6 Å². The van der Waals surface area contributed by atoms with E-state index in [1.807, 2.05) is 6.08 Å². The summed E-state index contributed by atoms with van der Waals surface area (Å²) in [6.45, 7) is 4.18. The number of nitrogen functional groups attached to an aromatic ring is 1. The number of carboxylic acid groups (broad SMARTS) is 1. The number of hydrogen-bond acceptors (Lipinski definition) is 9. The quantitative estimate of drug-likeness (QED) is 0.365. The summed E-state index contributed by atoms with van der Waals surface area (Å²) in [5.41, 5.74) is 6.21. The lowest BCUT2D eigenvalue weighted by Crippen LogP contribution is -2.51. The number of aromatic nitrogens is 2. The van der Waals surface area contributed by atoms with E-state index in [4.69, 9.17) is 15.6 Å². The van der Waals surface area contributed by atoms with E-state index in [-0.39, 0.29) is 22.6 Å². The molecular weight excluding hydrogens is 518 g/mol. The summed E-state index contributed by atoms with van der Waals surface area (Å²) < 4.78 is 6.19. The standard InChI is InChI=1S/C20H28O3.C9H13N3O5/c1-19-9-7-13(21)11-12(19)3-4-14-15-5-6-17(18(22)23)20(15,2)10-8-16(14)19;10-5-1-2-12(9(16)11-5)8-7(15)6(14)4(3-13)17-8/h11,14-17H,3-10H2,1-2H3,(H,22,23);1-2,4,6-8,13-15H,3H2,(H2,10,11,16)/t14-,15-,16-,17+,19-,20-;4-,6-,7+,8-/m01/s1. The van der Waals surface area contributed by atoms with Crippen LogP contribution in [0.3, 0.4) is 0 Å². The predicted molar refractivity (Wildman–Crippen MR) is 144 cm³/mol. The first-order chi connectivity index (χ1) is 18.9. The van der Waals surface area contributed by atoms with Gasteiger partial charge in [0.15, 0.2) is 12.0 Å². The maximum absolute atomic E-state index is 11.8. The lowest BCUT2D eigenvalue weighted by atomic mass is 9.47. The van der Waals surface area contributed by atoms with Crippen molar-refractivity contribution in [3.8, 4) is 0 Å². The van der Waals surface area contributed by atoms with Crippen LogP contribution in [0.1, 0.15) is 71.4 Å². The molecule has 0 spiro atoms. The number of allylic oxidation sites excluding steroid dienone is 1. The summed E-state index contributed by atoms with van der Waals surface area (Å²) in [6, 6.07) is 1.37. The van der Waals surface area contributed by atoms with Gasteiger partial charge in [-0.3, -0.25) is 14.2 Å². The highest BCUT2D eigenvalue weighted by Crippen LogP contribution is 2.66. The van der Waals surface area contributed by atoms with Crippen molar-refractivity contribution in [2.75, 3.05) is 12.3 Å². The van der Waals surface area contributed by atoms with E-state index in [1.165, 1.54) is 17.8 Å². The summed E-state index contributed by atoms with van der Waals surface area (Å²) in [7, 11) is 0. The number of ether oxygens (including phenoxy) is 1. The molecule has 220 valence electrons. The first-order valence-corrected chi connectivity index (χ1v) is 14.3. The molecule has 6 rings (SSSR count). The number of aliphatic hydroxyl groups excluding tert-OH is 3. The van der Waals surface area contributed by atoms with Gasteiger partial charge in [-0.2, -0.15) is 4.98 Å². The molecular formula is C29H41N3O8. The molecule has 5 aliphatic rings. The zero-order valence-corrected chi connectivity index (χ0v) is 23.1. The number of aliphatic hydroxyl groups is 3. The molecule has 0 radical (unpaired) electrons. The fraction of sp³-hybridized carbons (Fsp3) is 0.724. The number of fused-ring (bicyclic) bond motifs is 5. The number of rotatable bonds is 3. The van der Waals surface area contributed by atoms with Gasteiger partial charge >= 0.3 is 11.7 Å². The average molecular weight is 560 g/mol. The Labute approximate surface area is 233 Å². The van der Waals surface area contributed by atoms with Crippen LogP contribution in [0.15, 0.2) is 28.7 Å². The third-order valence-corrected chi connectivity index (χ3v) is 10.9. The van der Waals surface area contributed by atoms with Crippen molar-refractivity contribution < 1.29 is 34.8 Å². The number of aliphatic carboxylic acids is 1. The molecule has 10 atom stereocenters. The maximum atomic E-state index is 11.8. The molecule has 0 amide bonds. The Morgan fingerprint density at radius 2 is 1.85 bits per heavy atom.